The van der Waals surface area contributed by atoms with Gasteiger partial charge in [-0.25, -0.2) is 4.79 Å². The number of anilines is 1. The molecule has 1 rings (SSSR count). The molecule has 3 nitrogen and oxygen atoms in total. The molecule has 3 heteroatoms. The lowest BCUT2D eigenvalue weighted by molar-refractivity contribution is -0.552. The van der Waals surface area contributed by atoms with Gasteiger partial charge in [0, 0.05) is 31.9 Å². The Morgan fingerprint density at radius 1 is 1.36 bits per heavy atom. The highest BCUT2D eigenvalue weighted by Crippen LogP contribution is 2.04. The average molecular weight is 151 g/mol. The molecule has 0 spiro atoms. The van der Waals surface area contributed by atoms with Crippen LogP contribution in [0.4, 0.5) is 5.69 Å². The summed E-state index contributed by atoms with van der Waals surface area (Å²) in [6.07, 6.45) is 4.21. The molecular weight excluding hydrogens is 140 g/mol. The molecule has 1 heterocycles. The summed E-state index contributed by atoms with van der Waals surface area (Å²) in [6.45, 7) is 0. The highest BCUT2D eigenvalue weighted by atomic mass is 16.1. The highest BCUT2D eigenvalue weighted by Gasteiger charge is 1.98. The number of pyridine rings is 1. The van der Waals surface area contributed by atoms with Crippen LogP contribution in [0.2, 0.25) is 0 Å². The Morgan fingerprint density at radius 3 is 2.27 bits per heavy atom. The summed E-state index contributed by atoms with van der Waals surface area (Å²) in [6, 6.07) is 3.77. The molecule has 0 amide bonds. The minimum absolute atomic E-state index is 0.763. The number of rotatable bonds is 2. The van der Waals surface area contributed by atoms with Crippen LogP contribution >= 0.6 is 0 Å². The number of aromatic nitrogens is 1. The van der Waals surface area contributed by atoms with Crippen molar-refractivity contribution in [2.24, 2.45) is 0 Å². The second-order valence-electron chi connectivity index (χ2n) is 2.50. The van der Waals surface area contributed by atoms with Crippen molar-refractivity contribution in [3.63, 3.8) is 0 Å². The van der Waals surface area contributed by atoms with Gasteiger partial charge in [-0.2, -0.15) is 0 Å². The van der Waals surface area contributed by atoms with Crippen LogP contribution in [0.3, 0.4) is 0 Å². The maximum Gasteiger partial charge on any atom is 0.380 e. The van der Waals surface area contributed by atoms with Crippen molar-refractivity contribution in [3.8, 4) is 0 Å². The SMILES string of the molecule is CN(C)c1cc[n+](C=O)cc1. The highest BCUT2D eigenvalue weighted by molar-refractivity contribution is 5.43. The van der Waals surface area contributed by atoms with Crippen molar-refractivity contribution in [3.05, 3.63) is 24.5 Å². The molecule has 1 aromatic heterocycles. The molecule has 0 N–H and O–H groups in total. The second kappa shape index (κ2) is 3.14. The van der Waals surface area contributed by atoms with E-state index in [9.17, 15) is 4.79 Å². The van der Waals surface area contributed by atoms with Crippen molar-refractivity contribution in [2.45, 2.75) is 0 Å². The largest absolute Gasteiger partial charge is 0.380 e. The first-order valence-corrected chi connectivity index (χ1v) is 3.37. The zero-order chi connectivity index (χ0) is 8.27. The first-order chi connectivity index (χ1) is 5.24. The van der Waals surface area contributed by atoms with Crippen LogP contribution in [-0.2, 0) is 4.79 Å². The summed E-state index contributed by atoms with van der Waals surface area (Å²) < 4.78 is 1.47. The summed E-state index contributed by atoms with van der Waals surface area (Å²) in [5, 5.41) is 0. The molecular formula is C8H11N2O+. The molecule has 0 saturated heterocycles. The minimum Gasteiger partial charge on any atom is -0.377 e. The monoisotopic (exact) mass is 151 g/mol. The van der Waals surface area contributed by atoms with E-state index >= 15 is 0 Å². The predicted molar refractivity (Wildman–Crippen MR) is 43.1 cm³/mol. The Morgan fingerprint density at radius 2 is 1.91 bits per heavy atom. The zero-order valence-electron chi connectivity index (χ0n) is 6.69. The van der Waals surface area contributed by atoms with E-state index in [1.165, 1.54) is 4.57 Å². The lowest BCUT2D eigenvalue weighted by Gasteiger charge is -2.09. The molecule has 0 aliphatic heterocycles. The van der Waals surface area contributed by atoms with Crippen LogP contribution in [-0.4, -0.2) is 20.5 Å². The number of hydrogen-bond donors (Lipinski definition) is 0. The Hall–Kier alpha value is -1.38. The van der Waals surface area contributed by atoms with E-state index in [0.29, 0.717) is 0 Å². The van der Waals surface area contributed by atoms with Gasteiger partial charge in [-0.3, -0.25) is 0 Å². The molecule has 0 unspecified atom stereocenters. The van der Waals surface area contributed by atoms with E-state index in [-0.39, 0.29) is 0 Å². The van der Waals surface area contributed by atoms with E-state index in [2.05, 4.69) is 0 Å². The molecule has 11 heavy (non-hydrogen) atoms. The van der Waals surface area contributed by atoms with Crippen molar-refractivity contribution in [1.82, 2.24) is 0 Å². The molecule has 0 aliphatic rings. The Kier molecular flexibility index (Phi) is 2.21. The van der Waals surface area contributed by atoms with Gasteiger partial charge in [0.2, 0.25) is 0 Å². The second-order valence-corrected chi connectivity index (χ2v) is 2.50. The van der Waals surface area contributed by atoms with Gasteiger partial charge in [-0.05, 0) is 0 Å². The number of carbonyl (C=O) groups is 1. The van der Waals surface area contributed by atoms with Gasteiger partial charge in [0.1, 0.15) is 0 Å². The van der Waals surface area contributed by atoms with Crippen molar-refractivity contribution in [1.29, 1.82) is 0 Å². The maximum atomic E-state index is 10.2. The Bertz CT molecular complexity index is 241. The Labute approximate surface area is 65.9 Å². The van der Waals surface area contributed by atoms with E-state index in [1.54, 1.807) is 12.4 Å². The molecule has 1 aromatic rings. The smallest absolute Gasteiger partial charge is 0.377 e. The third kappa shape index (κ3) is 1.77. The van der Waals surface area contributed by atoms with Crippen molar-refractivity contribution >= 4 is 12.1 Å². The van der Waals surface area contributed by atoms with Crippen molar-refractivity contribution in [2.75, 3.05) is 19.0 Å². The zero-order valence-corrected chi connectivity index (χ0v) is 6.69. The normalized spacial score (nSPS) is 9.27. The van der Waals surface area contributed by atoms with Gasteiger partial charge >= 0.3 is 6.41 Å². The topological polar surface area (TPSA) is 24.2 Å². The van der Waals surface area contributed by atoms with Gasteiger partial charge in [0.05, 0.1) is 0 Å². The van der Waals surface area contributed by atoms with E-state index in [1.807, 2.05) is 31.1 Å². The quantitative estimate of drug-likeness (QED) is 0.441. The fourth-order valence-electron chi connectivity index (χ4n) is 0.799. The first-order valence-electron chi connectivity index (χ1n) is 3.37. The van der Waals surface area contributed by atoms with Gasteiger partial charge in [0.25, 0.3) is 0 Å². The molecule has 0 atom stereocenters. The average Bonchev–Trinajstić information content (AvgIpc) is 2.05. The third-order valence-corrected chi connectivity index (χ3v) is 1.47. The maximum absolute atomic E-state index is 10.2. The summed E-state index contributed by atoms with van der Waals surface area (Å²) in [5.41, 5.74) is 1.09. The van der Waals surface area contributed by atoms with Crippen LogP contribution in [0.5, 0.6) is 0 Å². The molecule has 0 radical (unpaired) electrons. The molecule has 0 bridgehead atoms. The summed E-state index contributed by atoms with van der Waals surface area (Å²) in [4.78, 5) is 12.2. The van der Waals surface area contributed by atoms with Crippen LogP contribution in [0.15, 0.2) is 24.5 Å². The molecule has 0 saturated carbocycles. The predicted octanol–water partition coefficient (Wildman–Crippen LogP) is 0.0784. The number of hydrogen-bond acceptors (Lipinski definition) is 2. The fourth-order valence-corrected chi connectivity index (χ4v) is 0.799. The fraction of sp³-hybridized carbons (Fsp3) is 0.250. The summed E-state index contributed by atoms with van der Waals surface area (Å²) >= 11 is 0. The van der Waals surface area contributed by atoms with Gasteiger partial charge in [-0.1, -0.05) is 0 Å². The lowest BCUT2D eigenvalue weighted by Crippen LogP contribution is -2.31. The molecule has 0 fully saturated rings. The van der Waals surface area contributed by atoms with Crippen LogP contribution < -0.4 is 9.47 Å². The van der Waals surface area contributed by atoms with Gasteiger partial charge < -0.3 is 4.90 Å². The van der Waals surface area contributed by atoms with Gasteiger partial charge in [0.15, 0.2) is 12.4 Å². The van der Waals surface area contributed by atoms with Crippen LogP contribution in [0, 0.1) is 0 Å². The van der Waals surface area contributed by atoms with Crippen LogP contribution in [0.25, 0.3) is 0 Å². The molecule has 58 valence electrons. The Balaban J connectivity index is 2.91. The van der Waals surface area contributed by atoms with Gasteiger partial charge in [-0.15, -0.1) is 4.57 Å². The van der Waals surface area contributed by atoms with E-state index < -0.39 is 0 Å². The number of nitrogens with zero attached hydrogens (tertiary/aromatic N) is 2. The number of carbonyl (C=O) groups excluding carboxylic acids is 1. The first kappa shape index (κ1) is 7.72. The lowest BCUT2D eigenvalue weighted by atomic mass is 10.4. The van der Waals surface area contributed by atoms with E-state index in [0.717, 1.165) is 12.1 Å². The van der Waals surface area contributed by atoms with Crippen LogP contribution in [0.1, 0.15) is 0 Å². The van der Waals surface area contributed by atoms with Crippen molar-refractivity contribution < 1.29 is 9.36 Å². The van der Waals surface area contributed by atoms with E-state index in [4.69, 9.17) is 0 Å². The summed E-state index contributed by atoms with van der Waals surface area (Å²) in [5.74, 6) is 0. The summed E-state index contributed by atoms with van der Waals surface area (Å²) in [7, 11) is 3.92. The standard InChI is InChI=1S/C8H11N2O/c1-9(2)8-3-5-10(7-11)6-4-8/h3-7H,1-2H3/q+1. The minimum atomic E-state index is 0.763. The third-order valence-electron chi connectivity index (χ3n) is 1.47. The molecule has 0 aromatic carbocycles. The molecule has 0 aliphatic carbocycles.